The summed E-state index contributed by atoms with van der Waals surface area (Å²) in [4.78, 5) is 29.0. The Morgan fingerprint density at radius 1 is 1.24 bits per heavy atom. The van der Waals surface area contributed by atoms with E-state index in [-0.39, 0.29) is 23.9 Å². The summed E-state index contributed by atoms with van der Waals surface area (Å²) in [7, 11) is 0. The van der Waals surface area contributed by atoms with Gasteiger partial charge in [0.2, 0.25) is 5.91 Å². The molecule has 1 saturated heterocycles. The average Bonchev–Trinajstić information content (AvgIpc) is 3.36. The molecule has 2 fully saturated rings. The van der Waals surface area contributed by atoms with Gasteiger partial charge in [0.05, 0.1) is 13.1 Å². The predicted octanol–water partition coefficient (Wildman–Crippen LogP) is 0.825. The van der Waals surface area contributed by atoms with Crippen molar-refractivity contribution in [3.05, 3.63) is 35.9 Å². The van der Waals surface area contributed by atoms with Crippen LogP contribution in [0.25, 0.3) is 0 Å². The van der Waals surface area contributed by atoms with Crippen LogP contribution in [0.15, 0.2) is 35.3 Å². The minimum atomic E-state index is -0.324. The second kappa shape index (κ2) is 7.55. The van der Waals surface area contributed by atoms with E-state index in [1.165, 1.54) is 10.5 Å². The molecular formula is C18H25N5O2. The minimum absolute atomic E-state index is 0.0899. The Bertz CT molecular complexity index is 639. The van der Waals surface area contributed by atoms with Crippen molar-refractivity contribution in [1.29, 1.82) is 0 Å². The fourth-order valence-electron chi connectivity index (χ4n) is 3.02. The molecule has 0 spiro atoms. The molecule has 1 aromatic carbocycles. The first kappa shape index (κ1) is 17.3. The van der Waals surface area contributed by atoms with Crippen molar-refractivity contribution in [3.8, 4) is 0 Å². The van der Waals surface area contributed by atoms with Gasteiger partial charge in [-0.3, -0.25) is 14.7 Å². The van der Waals surface area contributed by atoms with E-state index in [4.69, 9.17) is 4.99 Å². The zero-order valence-corrected chi connectivity index (χ0v) is 14.5. The minimum Gasteiger partial charge on any atom is -0.357 e. The predicted molar refractivity (Wildman–Crippen MR) is 96.4 cm³/mol. The van der Waals surface area contributed by atoms with Gasteiger partial charge in [0.15, 0.2) is 5.96 Å². The monoisotopic (exact) mass is 343 g/mol. The lowest BCUT2D eigenvalue weighted by atomic mass is 9.96. The van der Waals surface area contributed by atoms with E-state index < -0.39 is 0 Å². The highest BCUT2D eigenvalue weighted by atomic mass is 16.2. The van der Waals surface area contributed by atoms with Gasteiger partial charge in [-0.25, -0.2) is 4.79 Å². The number of aliphatic imine (C=N–C) groups is 1. The van der Waals surface area contributed by atoms with Gasteiger partial charge in [-0.1, -0.05) is 30.3 Å². The van der Waals surface area contributed by atoms with Crippen molar-refractivity contribution in [3.63, 3.8) is 0 Å². The number of imide groups is 1. The van der Waals surface area contributed by atoms with Crippen LogP contribution in [0.3, 0.4) is 0 Å². The molecule has 3 N–H and O–H groups in total. The number of rotatable bonds is 7. The highest BCUT2D eigenvalue weighted by Crippen LogP contribution is 2.48. The largest absolute Gasteiger partial charge is 0.357 e. The third kappa shape index (κ3) is 4.10. The zero-order valence-electron chi connectivity index (χ0n) is 14.5. The molecule has 1 aliphatic carbocycles. The first-order valence-corrected chi connectivity index (χ1v) is 8.80. The maximum Gasteiger partial charge on any atom is 0.324 e. The van der Waals surface area contributed by atoms with Crippen molar-refractivity contribution in [2.24, 2.45) is 4.99 Å². The molecule has 1 heterocycles. The highest BCUT2D eigenvalue weighted by molar-refractivity contribution is 6.01. The van der Waals surface area contributed by atoms with Crippen LogP contribution in [0.2, 0.25) is 0 Å². The number of nitrogens with zero attached hydrogens (tertiary/aromatic N) is 2. The van der Waals surface area contributed by atoms with Crippen LogP contribution >= 0.6 is 0 Å². The number of guanidine groups is 1. The molecule has 134 valence electrons. The van der Waals surface area contributed by atoms with E-state index in [0.29, 0.717) is 13.1 Å². The van der Waals surface area contributed by atoms with E-state index in [1.807, 2.05) is 13.0 Å². The normalized spacial score (nSPS) is 18.9. The van der Waals surface area contributed by atoms with Crippen LogP contribution in [-0.2, 0) is 10.2 Å². The molecule has 1 saturated carbocycles. The van der Waals surface area contributed by atoms with Crippen LogP contribution in [0.5, 0.6) is 0 Å². The second-order valence-electron chi connectivity index (χ2n) is 6.47. The molecule has 0 unspecified atom stereocenters. The maximum atomic E-state index is 11.6. The maximum absolute atomic E-state index is 11.6. The standard InChI is InChI=1S/C18H25N5O2/c1-2-19-16(20-10-11-23-15(24)12-21-17(23)25)22-13-18(8-9-18)14-6-4-3-5-7-14/h3-7H,2,8-13H2,1H3,(H,21,25)(H2,19,20,22). The number of carbonyl (C=O) groups excluding carboxylic acids is 2. The third-order valence-corrected chi connectivity index (χ3v) is 4.69. The van der Waals surface area contributed by atoms with Gasteiger partial charge in [0.1, 0.15) is 0 Å². The molecular weight excluding hydrogens is 318 g/mol. The highest BCUT2D eigenvalue weighted by Gasteiger charge is 2.44. The number of amides is 3. The lowest BCUT2D eigenvalue weighted by Gasteiger charge is -2.17. The van der Waals surface area contributed by atoms with Crippen LogP contribution in [0, 0.1) is 0 Å². The average molecular weight is 343 g/mol. The Morgan fingerprint density at radius 2 is 2.00 bits per heavy atom. The summed E-state index contributed by atoms with van der Waals surface area (Å²) in [6, 6.07) is 10.2. The van der Waals surface area contributed by atoms with Crippen molar-refractivity contribution in [2.45, 2.75) is 25.2 Å². The summed E-state index contributed by atoms with van der Waals surface area (Å²) >= 11 is 0. The van der Waals surface area contributed by atoms with Gasteiger partial charge in [-0.15, -0.1) is 0 Å². The molecule has 7 heteroatoms. The summed E-state index contributed by atoms with van der Waals surface area (Å²) in [6.07, 6.45) is 2.31. The quantitative estimate of drug-likeness (QED) is 0.389. The van der Waals surface area contributed by atoms with Gasteiger partial charge >= 0.3 is 6.03 Å². The van der Waals surface area contributed by atoms with E-state index >= 15 is 0 Å². The topological polar surface area (TPSA) is 85.8 Å². The van der Waals surface area contributed by atoms with E-state index in [9.17, 15) is 9.59 Å². The van der Waals surface area contributed by atoms with Crippen LogP contribution in [0.1, 0.15) is 25.3 Å². The summed E-state index contributed by atoms with van der Waals surface area (Å²) in [5, 5.41) is 8.94. The number of nitrogens with one attached hydrogen (secondary N) is 3. The van der Waals surface area contributed by atoms with E-state index in [1.54, 1.807) is 0 Å². The molecule has 3 rings (SSSR count). The number of carbonyl (C=O) groups is 2. The molecule has 25 heavy (non-hydrogen) atoms. The Labute approximate surface area is 147 Å². The number of hydrogen-bond donors (Lipinski definition) is 3. The van der Waals surface area contributed by atoms with Gasteiger partial charge in [-0.2, -0.15) is 0 Å². The molecule has 1 aromatic rings. The van der Waals surface area contributed by atoms with Gasteiger partial charge in [0, 0.05) is 25.0 Å². The third-order valence-electron chi connectivity index (χ3n) is 4.69. The molecule has 0 atom stereocenters. The summed E-state index contributed by atoms with van der Waals surface area (Å²) in [6.45, 7) is 4.40. The lowest BCUT2D eigenvalue weighted by molar-refractivity contribution is -0.124. The van der Waals surface area contributed by atoms with E-state index in [0.717, 1.165) is 31.9 Å². The molecule has 7 nitrogen and oxygen atoms in total. The molecule has 0 bridgehead atoms. The molecule has 2 aliphatic rings. The van der Waals surface area contributed by atoms with Crippen LogP contribution in [0.4, 0.5) is 4.79 Å². The number of urea groups is 1. The summed E-state index contributed by atoms with van der Waals surface area (Å²) < 4.78 is 0. The SMILES string of the molecule is CCNC(=NCC1(c2ccccc2)CC1)NCCN1C(=O)CNC1=O. The van der Waals surface area contributed by atoms with E-state index in [2.05, 4.69) is 40.2 Å². The smallest absolute Gasteiger partial charge is 0.324 e. The van der Waals surface area contributed by atoms with Crippen molar-refractivity contribution < 1.29 is 9.59 Å². The van der Waals surface area contributed by atoms with Crippen molar-refractivity contribution in [1.82, 2.24) is 20.9 Å². The van der Waals surface area contributed by atoms with Crippen LogP contribution in [-0.4, -0.2) is 55.5 Å². The molecule has 3 amide bonds. The first-order chi connectivity index (χ1) is 12.1. The fraction of sp³-hybridized carbons (Fsp3) is 0.500. The molecule has 0 radical (unpaired) electrons. The summed E-state index contributed by atoms with van der Waals surface area (Å²) in [5.41, 5.74) is 1.50. The zero-order chi connectivity index (χ0) is 17.7. The van der Waals surface area contributed by atoms with Gasteiger partial charge in [-0.05, 0) is 25.3 Å². The Kier molecular flexibility index (Phi) is 5.21. The number of hydrogen-bond acceptors (Lipinski definition) is 3. The Morgan fingerprint density at radius 3 is 2.60 bits per heavy atom. The number of benzene rings is 1. The first-order valence-electron chi connectivity index (χ1n) is 8.80. The van der Waals surface area contributed by atoms with Crippen molar-refractivity contribution >= 4 is 17.9 Å². The Balaban J connectivity index is 1.55. The summed E-state index contributed by atoms with van der Waals surface area (Å²) in [5.74, 6) is 0.534. The fourth-order valence-corrected chi connectivity index (χ4v) is 3.02. The lowest BCUT2D eigenvalue weighted by Crippen LogP contribution is -2.43. The van der Waals surface area contributed by atoms with Crippen LogP contribution < -0.4 is 16.0 Å². The molecule has 0 aromatic heterocycles. The van der Waals surface area contributed by atoms with Gasteiger partial charge in [0.25, 0.3) is 0 Å². The Hall–Kier alpha value is -2.57. The second-order valence-corrected chi connectivity index (χ2v) is 6.47. The van der Waals surface area contributed by atoms with Gasteiger partial charge < -0.3 is 16.0 Å². The van der Waals surface area contributed by atoms with Crippen molar-refractivity contribution in [2.75, 3.05) is 32.7 Å². The molecule has 1 aliphatic heterocycles.